The summed E-state index contributed by atoms with van der Waals surface area (Å²) in [6.45, 7) is 9.66. The standard InChI is InChI=1S/C19H28N4O2S.HI/c1-7-25-14-9-8-13(10-15(14)24-6)22-18(20-5)21-11-17-23-16(12-26-17)19(2,3)4;/h8-10,12H,7,11H2,1-6H3,(H2,20,21,22);1H. The Kier molecular flexibility index (Phi) is 9.31. The Hall–Kier alpha value is -1.55. The molecule has 0 saturated heterocycles. The van der Waals surface area contributed by atoms with E-state index >= 15 is 0 Å². The highest BCUT2D eigenvalue weighted by Gasteiger charge is 2.17. The minimum absolute atomic E-state index is 0. The Bertz CT molecular complexity index is 756. The van der Waals surface area contributed by atoms with E-state index in [4.69, 9.17) is 14.5 Å². The van der Waals surface area contributed by atoms with Crippen molar-refractivity contribution < 1.29 is 9.47 Å². The van der Waals surface area contributed by atoms with Crippen LogP contribution in [0.5, 0.6) is 11.5 Å². The second-order valence-electron chi connectivity index (χ2n) is 6.73. The van der Waals surface area contributed by atoms with Crippen LogP contribution in [0.4, 0.5) is 5.69 Å². The number of nitrogens with zero attached hydrogens (tertiary/aromatic N) is 2. The van der Waals surface area contributed by atoms with Gasteiger partial charge in [-0.15, -0.1) is 35.3 Å². The molecule has 0 aliphatic carbocycles. The van der Waals surface area contributed by atoms with Crippen LogP contribution in [0.25, 0.3) is 0 Å². The summed E-state index contributed by atoms with van der Waals surface area (Å²) in [6.07, 6.45) is 0. The van der Waals surface area contributed by atoms with E-state index in [0.717, 1.165) is 22.1 Å². The molecule has 2 rings (SSSR count). The number of rotatable bonds is 6. The van der Waals surface area contributed by atoms with Crippen molar-refractivity contribution in [3.8, 4) is 11.5 Å². The first kappa shape index (κ1) is 23.5. The van der Waals surface area contributed by atoms with E-state index < -0.39 is 0 Å². The molecule has 8 heteroatoms. The lowest BCUT2D eigenvalue weighted by atomic mass is 9.93. The Morgan fingerprint density at radius 2 is 2.00 bits per heavy atom. The number of ether oxygens (including phenoxy) is 2. The van der Waals surface area contributed by atoms with Crippen molar-refractivity contribution in [2.75, 3.05) is 26.1 Å². The van der Waals surface area contributed by atoms with E-state index in [-0.39, 0.29) is 29.4 Å². The van der Waals surface area contributed by atoms with Crippen LogP contribution in [0.3, 0.4) is 0 Å². The molecule has 150 valence electrons. The first-order valence-electron chi connectivity index (χ1n) is 8.60. The second-order valence-corrected chi connectivity index (χ2v) is 7.67. The quantitative estimate of drug-likeness (QED) is 0.341. The normalized spacial score (nSPS) is 11.6. The maximum Gasteiger partial charge on any atom is 0.195 e. The molecule has 27 heavy (non-hydrogen) atoms. The molecule has 0 spiro atoms. The molecule has 0 aliphatic rings. The van der Waals surface area contributed by atoms with Crippen LogP contribution in [0.1, 0.15) is 38.4 Å². The van der Waals surface area contributed by atoms with E-state index in [1.807, 2.05) is 25.1 Å². The molecule has 0 atom stereocenters. The molecule has 0 radical (unpaired) electrons. The van der Waals surface area contributed by atoms with Gasteiger partial charge in [0.25, 0.3) is 0 Å². The SMILES string of the molecule is CCOc1ccc(NC(=NC)NCc2nc(C(C)(C)C)cs2)cc1OC.I. The molecule has 1 aromatic heterocycles. The topological polar surface area (TPSA) is 67.8 Å². The number of thiazole rings is 1. The fraction of sp³-hybridized carbons (Fsp3) is 0.474. The fourth-order valence-electron chi connectivity index (χ4n) is 2.23. The van der Waals surface area contributed by atoms with Crippen LogP contribution >= 0.6 is 35.3 Å². The first-order valence-corrected chi connectivity index (χ1v) is 9.48. The molecule has 6 nitrogen and oxygen atoms in total. The fourth-order valence-corrected chi connectivity index (χ4v) is 3.19. The summed E-state index contributed by atoms with van der Waals surface area (Å²) in [6, 6.07) is 5.70. The van der Waals surface area contributed by atoms with E-state index in [0.29, 0.717) is 24.9 Å². The van der Waals surface area contributed by atoms with Crippen LogP contribution in [-0.4, -0.2) is 31.7 Å². The minimum Gasteiger partial charge on any atom is -0.493 e. The van der Waals surface area contributed by atoms with Crippen molar-refractivity contribution in [3.05, 3.63) is 34.3 Å². The number of hydrogen-bond acceptors (Lipinski definition) is 5. The smallest absolute Gasteiger partial charge is 0.195 e. The predicted molar refractivity (Wildman–Crippen MR) is 124 cm³/mol. The van der Waals surface area contributed by atoms with Crippen LogP contribution in [0.2, 0.25) is 0 Å². The number of guanidine groups is 1. The number of aliphatic imine (C=N–C) groups is 1. The molecular formula is C19H29IN4O2S. The monoisotopic (exact) mass is 504 g/mol. The molecule has 2 aromatic rings. The number of methoxy groups -OCH3 is 1. The third-order valence-corrected chi connectivity index (χ3v) is 4.53. The highest BCUT2D eigenvalue weighted by Crippen LogP contribution is 2.30. The van der Waals surface area contributed by atoms with Crippen molar-refractivity contribution in [1.29, 1.82) is 0 Å². The van der Waals surface area contributed by atoms with Gasteiger partial charge < -0.3 is 20.1 Å². The third kappa shape index (κ3) is 6.84. The van der Waals surface area contributed by atoms with Crippen LogP contribution in [-0.2, 0) is 12.0 Å². The summed E-state index contributed by atoms with van der Waals surface area (Å²) in [4.78, 5) is 8.96. The van der Waals surface area contributed by atoms with Gasteiger partial charge in [0.1, 0.15) is 5.01 Å². The highest BCUT2D eigenvalue weighted by molar-refractivity contribution is 14.0. The number of halogens is 1. The molecule has 1 aromatic carbocycles. The molecule has 1 heterocycles. The maximum absolute atomic E-state index is 5.54. The second kappa shape index (κ2) is 10.7. The number of nitrogens with one attached hydrogen (secondary N) is 2. The Labute approximate surface area is 182 Å². The minimum atomic E-state index is 0. The van der Waals surface area contributed by atoms with Gasteiger partial charge in [0.2, 0.25) is 0 Å². The van der Waals surface area contributed by atoms with Gasteiger partial charge >= 0.3 is 0 Å². The Balaban J connectivity index is 0.00000364. The lowest BCUT2D eigenvalue weighted by molar-refractivity contribution is 0.311. The summed E-state index contributed by atoms with van der Waals surface area (Å²) in [5.41, 5.74) is 2.04. The number of anilines is 1. The average molecular weight is 504 g/mol. The number of hydrogen-bond donors (Lipinski definition) is 2. The van der Waals surface area contributed by atoms with E-state index in [1.165, 1.54) is 0 Å². The van der Waals surface area contributed by atoms with Gasteiger partial charge in [0, 0.05) is 29.6 Å². The first-order chi connectivity index (χ1) is 12.4. The summed E-state index contributed by atoms with van der Waals surface area (Å²) in [5, 5.41) is 9.70. The van der Waals surface area contributed by atoms with Crippen LogP contribution in [0.15, 0.2) is 28.6 Å². The van der Waals surface area contributed by atoms with E-state index in [9.17, 15) is 0 Å². The van der Waals surface area contributed by atoms with Crippen molar-refractivity contribution in [2.24, 2.45) is 4.99 Å². The predicted octanol–water partition coefficient (Wildman–Crippen LogP) is 4.65. The van der Waals surface area contributed by atoms with Crippen molar-refractivity contribution >= 4 is 47.0 Å². The molecule has 0 aliphatic heterocycles. The Morgan fingerprint density at radius 1 is 1.26 bits per heavy atom. The molecule has 0 fully saturated rings. The van der Waals surface area contributed by atoms with Crippen molar-refractivity contribution in [3.63, 3.8) is 0 Å². The zero-order valence-corrected chi connectivity index (χ0v) is 19.9. The molecule has 0 bridgehead atoms. The number of benzene rings is 1. The number of aromatic nitrogens is 1. The van der Waals surface area contributed by atoms with Gasteiger partial charge in [-0.2, -0.15) is 0 Å². The van der Waals surface area contributed by atoms with E-state index in [1.54, 1.807) is 25.5 Å². The van der Waals surface area contributed by atoms with Gasteiger partial charge in [0.05, 0.1) is 26.0 Å². The van der Waals surface area contributed by atoms with Gasteiger partial charge in [-0.1, -0.05) is 20.8 Å². The molecule has 0 amide bonds. The molecule has 2 N–H and O–H groups in total. The van der Waals surface area contributed by atoms with Crippen molar-refractivity contribution in [1.82, 2.24) is 10.3 Å². The van der Waals surface area contributed by atoms with Gasteiger partial charge in [-0.3, -0.25) is 4.99 Å². The van der Waals surface area contributed by atoms with Crippen molar-refractivity contribution in [2.45, 2.75) is 39.7 Å². The zero-order valence-electron chi connectivity index (χ0n) is 16.8. The van der Waals surface area contributed by atoms with Gasteiger partial charge in [-0.25, -0.2) is 4.98 Å². The van der Waals surface area contributed by atoms with Crippen LogP contribution in [0, 0.1) is 0 Å². The summed E-state index contributed by atoms with van der Waals surface area (Å²) >= 11 is 1.66. The van der Waals surface area contributed by atoms with Gasteiger partial charge in [0.15, 0.2) is 17.5 Å². The zero-order chi connectivity index (χ0) is 19.2. The molecule has 0 saturated carbocycles. The third-order valence-electron chi connectivity index (χ3n) is 3.68. The maximum atomic E-state index is 5.54. The lowest BCUT2D eigenvalue weighted by Crippen LogP contribution is -2.30. The van der Waals surface area contributed by atoms with E-state index in [2.05, 4.69) is 41.8 Å². The largest absolute Gasteiger partial charge is 0.493 e. The summed E-state index contributed by atoms with van der Waals surface area (Å²) in [7, 11) is 3.37. The average Bonchev–Trinajstić information content (AvgIpc) is 3.09. The van der Waals surface area contributed by atoms with Gasteiger partial charge in [-0.05, 0) is 19.1 Å². The van der Waals surface area contributed by atoms with Crippen LogP contribution < -0.4 is 20.1 Å². The highest BCUT2D eigenvalue weighted by atomic mass is 127. The molecular weight excluding hydrogens is 475 g/mol. The summed E-state index contributed by atoms with van der Waals surface area (Å²) < 4.78 is 10.9. The lowest BCUT2D eigenvalue weighted by Gasteiger charge is -2.15. The molecule has 0 unspecified atom stereocenters. The summed E-state index contributed by atoms with van der Waals surface area (Å²) in [5.74, 6) is 2.08. The Morgan fingerprint density at radius 3 is 2.56 bits per heavy atom.